The molecule has 0 aliphatic carbocycles. The molecule has 2 rings (SSSR count). The van der Waals surface area contributed by atoms with Crippen molar-refractivity contribution in [1.82, 2.24) is 10.6 Å². The number of urea groups is 1. The first kappa shape index (κ1) is 18.2. The quantitative estimate of drug-likeness (QED) is 0.820. The zero-order valence-electron chi connectivity index (χ0n) is 14.1. The van der Waals surface area contributed by atoms with Crippen LogP contribution in [0.15, 0.2) is 54.6 Å². The molecule has 6 nitrogen and oxygen atoms in total. The van der Waals surface area contributed by atoms with E-state index in [4.69, 9.17) is 4.74 Å². The van der Waals surface area contributed by atoms with Crippen LogP contribution < -0.4 is 10.6 Å². The lowest BCUT2D eigenvalue weighted by atomic mass is 10.1. The summed E-state index contributed by atoms with van der Waals surface area (Å²) in [6.45, 7) is 3.96. The van der Waals surface area contributed by atoms with Crippen LogP contribution in [0.25, 0.3) is 0 Å². The molecule has 3 amide bonds. The summed E-state index contributed by atoms with van der Waals surface area (Å²) in [5.74, 6) is -1.35. The number of amides is 3. The van der Waals surface area contributed by atoms with E-state index < -0.39 is 24.0 Å². The number of carbonyl (C=O) groups excluding carboxylic acids is 3. The van der Waals surface area contributed by atoms with Crippen LogP contribution >= 0.6 is 0 Å². The second-order valence-electron chi connectivity index (χ2n) is 5.41. The molecule has 25 heavy (non-hydrogen) atoms. The fraction of sp³-hybridized carbons (Fsp3) is 0.211. The average molecular weight is 340 g/mol. The molecule has 0 aromatic heterocycles. The molecule has 130 valence electrons. The Hall–Kier alpha value is -3.15. The predicted molar refractivity (Wildman–Crippen MR) is 93.0 cm³/mol. The van der Waals surface area contributed by atoms with E-state index in [1.54, 1.807) is 55.5 Å². The van der Waals surface area contributed by atoms with Crippen LogP contribution in [0.5, 0.6) is 0 Å². The second-order valence-corrected chi connectivity index (χ2v) is 5.41. The van der Waals surface area contributed by atoms with Gasteiger partial charge in [-0.25, -0.2) is 9.59 Å². The van der Waals surface area contributed by atoms with Crippen LogP contribution in [-0.4, -0.2) is 24.5 Å². The number of nitrogens with one attached hydrogen (secondary N) is 2. The lowest BCUT2D eigenvalue weighted by Crippen LogP contribution is -2.42. The summed E-state index contributed by atoms with van der Waals surface area (Å²) in [7, 11) is 0. The van der Waals surface area contributed by atoms with Gasteiger partial charge < -0.3 is 10.1 Å². The molecular formula is C19H20N2O4. The highest BCUT2D eigenvalue weighted by molar-refractivity contribution is 5.99. The van der Waals surface area contributed by atoms with E-state index in [0.717, 1.165) is 5.56 Å². The van der Waals surface area contributed by atoms with Gasteiger partial charge >= 0.3 is 12.0 Å². The van der Waals surface area contributed by atoms with Crippen molar-refractivity contribution in [2.75, 3.05) is 6.54 Å². The number of aryl methyl sites for hydroxylation is 1. The minimum absolute atomic E-state index is 0.340. The molecule has 0 aliphatic heterocycles. The number of ether oxygens (including phenoxy) is 1. The topological polar surface area (TPSA) is 84.5 Å². The number of rotatable bonds is 5. The van der Waals surface area contributed by atoms with Crippen molar-refractivity contribution in [3.8, 4) is 0 Å². The predicted octanol–water partition coefficient (Wildman–Crippen LogP) is 2.74. The molecule has 6 heteroatoms. The number of imide groups is 1. The number of benzene rings is 2. The third kappa shape index (κ3) is 5.17. The van der Waals surface area contributed by atoms with Crippen molar-refractivity contribution in [3.05, 3.63) is 71.3 Å². The second kappa shape index (κ2) is 8.63. The highest BCUT2D eigenvalue weighted by Gasteiger charge is 2.27. The van der Waals surface area contributed by atoms with E-state index in [1.807, 2.05) is 13.0 Å². The third-order valence-corrected chi connectivity index (χ3v) is 3.39. The Kier molecular flexibility index (Phi) is 6.28. The fourth-order valence-electron chi connectivity index (χ4n) is 2.23. The van der Waals surface area contributed by atoms with E-state index in [2.05, 4.69) is 10.6 Å². The summed E-state index contributed by atoms with van der Waals surface area (Å²) in [6, 6.07) is 14.8. The van der Waals surface area contributed by atoms with E-state index in [1.165, 1.54) is 0 Å². The van der Waals surface area contributed by atoms with Gasteiger partial charge in [-0.3, -0.25) is 10.1 Å². The van der Waals surface area contributed by atoms with Gasteiger partial charge in [0.2, 0.25) is 6.10 Å². The van der Waals surface area contributed by atoms with Crippen LogP contribution in [0.3, 0.4) is 0 Å². The summed E-state index contributed by atoms with van der Waals surface area (Å²) in [6.07, 6.45) is -1.23. The number of carbonyl (C=O) groups is 3. The van der Waals surface area contributed by atoms with Crippen molar-refractivity contribution in [1.29, 1.82) is 0 Å². The Bertz CT molecular complexity index is 759. The Morgan fingerprint density at radius 2 is 1.76 bits per heavy atom. The molecule has 1 atom stereocenters. The zero-order chi connectivity index (χ0) is 18.2. The van der Waals surface area contributed by atoms with E-state index >= 15 is 0 Å². The van der Waals surface area contributed by atoms with E-state index in [9.17, 15) is 14.4 Å². The summed E-state index contributed by atoms with van der Waals surface area (Å²) in [5, 5.41) is 4.65. The summed E-state index contributed by atoms with van der Waals surface area (Å²) >= 11 is 0. The van der Waals surface area contributed by atoms with Gasteiger partial charge in [0, 0.05) is 12.1 Å². The first-order chi connectivity index (χ1) is 12.0. The van der Waals surface area contributed by atoms with Crippen LogP contribution in [-0.2, 0) is 9.53 Å². The van der Waals surface area contributed by atoms with Gasteiger partial charge in [0.05, 0.1) is 5.56 Å². The van der Waals surface area contributed by atoms with Crippen molar-refractivity contribution in [2.45, 2.75) is 20.0 Å². The van der Waals surface area contributed by atoms with Gasteiger partial charge in [-0.1, -0.05) is 48.0 Å². The molecule has 0 fully saturated rings. The van der Waals surface area contributed by atoms with Gasteiger partial charge in [0.15, 0.2) is 0 Å². The molecular weight excluding hydrogens is 320 g/mol. The lowest BCUT2D eigenvalue weighted by Gasteiger charge is -2.18. The SMILES string of the molecule is CCNC(=O)NC(=O)[C@H](OC(=O)c1cccc(C)c1)c1ccccc1. The van der Waals surface area contributed by atoms with E-state index in [0.29, 0.717) is 17.7 Å². The highest BCUT2D eigenvalue weighted by Crippen LogP contribution is 2.20. The summed E-state index contributed by atoms with van der Waals surface area (Å²) in [4.78, 5) is 36.4. The standard InChI is InChI=1S/C19H20N2O4/c1-3-20-19(24)21-17(22)16(14-9-5-4-6-10-14)25-18(23)15-11-7-8-13(2)12-15/h4-12,16H,3H2,1-2H3,(H2,20,21,22,24)/t16-/m1/s1. The van der Waals surface area contributed by atoms with Crippen LogP contribution in [0, 0.1) is 6.92 Å². The molecule has 0 saturated heterocycles. The van der Waals surface area contributed by atoms with Crippen LogP contribution in [0.2, 0.25) is 0 Å². The molecule has 0 spiro atoms. The Morgan fingerprint density at radius 3 is 2.40 bits per heavy atom. The molecule has 0 bridgehead atoms. The monoisotopic (exact) mass is 340 g/mol. The van der Waals surface area contributed by atoms with Gasteiger partial charge in [0.25, 0.3) is 5.91 Å². The largest absolute Gasteiger partial charge is 0.444 e. The fourth-order valence-corrected chi connectivity index (χ4v) is 2.23. The zero-order valence-corrected chi connectivity index (χ0v) is 14.1. The number of esters is 1. The Labute approximate surface area is 146 Å². The maximum Gasteiger partial charge on any atom is 0.339 e. The number of hydrogen-bond acceptors (Lipinski definition) is 4. The smallest absolute Gasteiger partial charge is 0.339 e. The normalized spacial score (nSPS) is 11.3. The summed E-state index contributed by atoms with van der Waals surface area (Å²) < 4.78 is 5.39. The van der Waals surface area contributed by atoms with Crippen LogP contribution in [0.1, 0.15) is 34.5 Å². The molecule has 0 unspecified atom stereocenters. The third-order valence-electron chi connectivity index (χ3n) is 3.39. The Balaban J connectivity index is 2.21. The van der Waals surface area contributed by atoms with Gasteiger partial charge in [0.1, 0.15) is 0 Å². The first-order valence-electron chi connectivity index (χ1n) is 7.92. The van der Waals surface area contributed by atoms with Gasteiger partial charge in [-0.05, 0) is 26.0 Å². The van der Waals surface area contributed by atoms with Crippen molar-refractivity contribution >= 4 is 17.9 Å². The maximum atomic E-state index is 12.4. The maximum absolute atomic E-state index is 12.4. The minimum atomic E-state index is -1.23. The van der Waals surface area contributed by atoms with Crippen molar-refractivity contribution < 1.29 is 19.1 Å². The number of hydrogen-bond donors (Lipinski definition) is 2. The van der Waals surface area contributed by atoms with Gasteiger partial charge in [-0.15, -0.1) is 0 Å². The molecule has 0 heterocycles. The minimum Gasteiger partial charge on any atom is -0.444 e. The van der Waals surface area contributed by atoms with Crippen molar-refractivity contribution in [2.24, 2.45) is 0 Å². The van der Waals surface area contributed by atoms with Gasteiger partial charge in [-0.2, -0.15) is 0 Å². The molecule has 2 N–H and O–H groups in total. The molecule has 2 aromatic rings. The summed E-state index contributed by atoms with van der Waals surface area (Å²) in [5.41, 5.74) is 1.72. The lowest BCUT2D eigenvalue weighted by molar-refractivity contribution is -0.129. The first-order valence-corrected chi connectivity index (χ1v) is 7.92. The molecule has 0 saturated carbocycles. The van der Waals surface area contributed by atoms with Crippen LogP contribution in [0.4, 0.5) is 4.79 Å². The highest BCUT2D eigenvalue weighted by atomic mass is 16.5. The molecule has 0 aliphatic rings. The van der Waals surface area contributed by atoms with E-state index in [-0.39, 0.29) is 0 Å². The van der Waals surface area contributed by atoms with Crippen molar-refractivity contribution in [3.63, 3.8) is 0 Å². The average Bonchev–Trinajstić information content (AvgIpc) is 2.60. The molecule has 2 aromatic carbocycles. The molecule has 0 radical (unpaired) electrons. The Morgan fingerprint density at radius 1 is 1.04 bits per heavy atom.